The number of ketones is 1. The smallest absolute Gasteiger partial charge is 0.341 e. The summed E-state index contributed by atoms with van der Waals surface area (Å²) in [5.74, 6) is -0.800. The largest absolute Gasteiger partial charge is 0.462 e. The fourth-order valence-electron chi connectivity index (χ4n) is 1.61. The van der Waals surface area contributed by atoms with Crippen molar-refractivity contribution in [3.05, 3.63) is 46.0 Å². The van der Waals surface area contributed by atoms with Gasteiger partial charge >= 0.3 is 5.97 Å². The number of halogens is 1. The molecule has 0 aliphatic rings. The molecule has 20 heavy (non-hydrogen) atoms. The summed E-state index contributed by atoms with van der Waals surface area (Å²) in [6.07, 6.45) is 1.75. The number of benzene rings is 1. The van der Waals surface area contributed by atoms with E-state index in [1.165, 1.54) is 0 Å². The Bertz CT molecular complexity index is 494. The summed E-state index contributed by atoms with van der Waals surface area (Å²) in [5.41, 5.74) is 0.960. The molecule has 0 unspecified atom stereocenters. The average Bonchev–Trinajstić information content (AvgIpc) is 2.42. The number of Topliss-reactive ketones (excluding diaryl/α,β-unsaturated/α-hetero) is 1. The Morgan fingerprint density at radius 2 is 1.95 bits per heavy atom. The van der Waals surface area contributed by atoms with E-state index in [9.17, 15) is 9.59 Å². The third kappa shape index (κ3) is 5.27. The van der Waals surface area contributed by atoms with E-state index in [-0.39, 0.29) is 24.4 Å². The molecule has 0 aliphatic carbocycles. The van der Waals surface area contributed by atoms with Crippen molar-refractivity contribution >= 4 is 27.7 Å². The number of hydrogen-bond donors (Lipinski definition) is 1. The predicted octanol–water partition coefficient (Wildman–Crippen LogP) is 2.27. The molecule has 4 nitrogen and oxygen atoms in total. The van der Waals surface area contributed by atoms with Gasteiger partial charge in [0.25, 0.3) is 0 Å². The van der Waals surface area contributed by atoms with Crippen LogP contribution in [0.15, 0.2) is 40.4 Å². The van der Waals surface area contributed by atoms with Crippen LogP contribution in [0.5, 0.6) is 0 Å². The molecule has 5 heteroatoms. The van der Waals surface area contributed by atoms with E-state index >= 15 is 0 Å². The van der Waals surface area contributed by atoms with Crippen LogP contribution < -0.4 is 5.32 Å². The van der Waals surface area contributed by atoms with Crippen molar-refractivity contribution in [2.24, 2.45) is 0 Å². The van der Waals surface area contributed by atoms with Crippen LogP contribution in [0, 0.1) is 0 Å². The monoisotopic (exact) mass is 339 g/mol. The Morgan fingerprint density at radius 3 is 2.50 bits per heavy atom. The third-order valence-electron chi connectivity index (χ3n) is 2.58. The molecule has 0 saturated heterocycles. The van der Waals surface area contributed by atoms with Crippen molar-refractivity contribution in [2.75, 3.05) is 20.2 Å². The second-order valence-electron chi connectivity index (χ2n) is 4.12. The van der Waals surface area contributed by atoms with Crippen LogP contribution in [0.25, 0.3) is 0 Å². The van der Waals surface area contributed by atoms with Gasteiger partial charge in [0.15, 0.2) is 5.78 Å². The molecule has 0 fully saturated rings. The van der Waals surface area contributed by atoms with Crippen molar-refractivity contribution in [1.82, 2.24) is 5.32 Å². The lowest BCUT2D eigenvalue weighted by Crippen LogP contribution is -2.20. The Hall–Kier alpha value is -1.46. The molecule has 0 heterocycles. The van der Waals surface area contributed by atoms with E-state index in [0.717, 1.165) is 10.0 Å². The van der Waals surface area contributed by atoms with Crippen LogP contribution in [-0.2, 0) is 20.7 Å². The van der Waals surface area contributed by atoms with E-state index in [2.05, 4.69) is 21.2 Å². The number of nitrogens with one attached hydrogen (secondary N) is 1. The van der Waals surface area contributed by atoms with Gasteiger partial charge in [0.05, 0.1) is 6.61 Å². The summed E-state index contributed by atoms with van der Waals surface area (Å²) in [6.45, 7) is 2.41. The molecule has 1 aromatic rings. The fourth-order valence-corrected chi connectivity index (χ4v) is 1.87. The van der Waals surface area contributed by atoms with Gasteiger partial charge in [-0.25, -0.2) is 4.79 Å². The average molecular weight is 340 g/mol. The molecule has 0 saturated carbocycles. The highest BCUT2D eigenvalue weighted by Crippen LogP contribution is 2.13. The Morgan fingerprint density at radius 1 is 1.30 bits per heavy atom. The van der Waals surface area contributed by atoms with Gasteiger partial charge in [-0.3, -0.25) is 4.79 Å². The summed E-state index contributed by atoms with van der Waals surface area (Å²) in [7, 11) is 1.75. The SMILES string of the molecule is CCOC(=O)C(=CCNC)C(=O)Cc1ccc(Br)cc1. The van der Waals surface area contributed by atoms with Crippen molar-refractivity contribution in [1.29, 1.82) is 0 Å². The lowest BCUT2D eigenvalue weighted by molar-refractivity contribution is -0.140. The molecule has 0 amide bonds. The van der Waals surface area contributed by atoms with Crippen molar-refractivity contribution in [2.45, 2.75) is 13.3 Å². The maximum absolute atomic E-state index is 12.2. The van der Waals surface area contributed by atoms with Crippen LogP contribution in [0.4, 0.5) is 0 Å². The first kappa shape index (κ1) is 16.6. The highest BCUT2D eigenvalue weighted by Gasteiger charge is 2.19. The zero-order valence-electron chi connectivity index (χ0n) is 11.6. The quantitative estimate of drug-likeness (QED) is 0.358. The molecule has 0 aromatic heterocycles. The highest BCUT2D eigenvalue weighted by molar-refractivity contribution is 9.10. The Labute approximate surface area is 127 Å². The summed E-state index contributed by atoms with van der Waals surface area (Å²) in [5, 5.41) is 2.88. The Kier molecular flexibility index (Phi) is 7.18. The molecular weight excluding hydrogens is 322 g/mol. The topological polar surface area (TPSA) is 55.4 Å². The van der Waals surface area contributed by atoms with E-state index in [1.54, 1.807) is 20.0 Å². The van der Waals surface area contributed by atoms with Crippen molar-refractivity contribution < 1.29 is 14.3 Å². The van der Waals surface area contributed by atoms with Crippen LogP contribution >= 0.6 is 15.9 Å². The lowest BCUT2D eigenvalue weighted by atomic mass is 10.0. The first-order valence-electron chi connectivity index (χ1n) is 6.38. The number of carbonyl (C=O) groups excluding carboxylic acids is 2. The minimum atomic E-state index is -0.565. The van der Waals surface area contributed by atoms with E-state index in [0.29, 0.717) is 6.54 Å². The van der Waals surface area contributed by atoms with E-state index in [1.807, 2.05) is 24.3 Å². The van der Waals surface area contributed by atoms with Crippen LogP contribution in [0.3, 0.4) is 0 Å². The molecule has 0 atom stereocenters. The minimum absolute atomic E-state index is 0.101. The minimum Gasteiger partial charge on any atom is -0.462 e. The highest BCUT2D eigenvalue weighted by atomic mass is 79.9. The second-order valence-corrected chi connectivity index (χ2v) is 5.04. The fraction of sp³-hybridized carbons (Fsp3) is 0.333. The summed E-state index contributed by atoms with van der Waals surface area (Å²) in [4.78, 5) is 24.0. The zero-order valence-corrected chi connectivity index (χ0v) is 13.2. The van der Waals surface area contributed by atoms with Crippen LogP contribution in [-0.4, -0.2) is 32.0 Å². The van der Waals surface area contributed by atoms with Gasteiger partial charge in [0, 0.05) is 17.4 Å². The number of hydrogen-bond acceptors (Lipinski definition) is 4. The maximum Gasteiger partial charge on any atom is 0.341 e. The van der Waals surface area contributed by atoms with Crippen molar-refractivity contribution in [3.63, 3.8) is 0 Å². The van der Waals surface area contributed by atoms with Gasteiger partial charge in [0.1, 0.15) is 5.57 Å². The molecule has 108 valence electrons. The van der Waals surface area contributed by atoms with Gasteiger partial charge in [0.2, 0.25) is 0 Å². The Balaban J connectivity index is 2.82. The number of carbonyl (C=O) groups is 2. The maximum atomic E-state index is 12.2. The molecule has 0 radical (unpaired) electrons. The molecular formula is C15H18BrNO3. The van der Waals surface area contributed by atoms with Gasteiger partial charge < -0.3 is 10.1 Å². The molecule has 1 rings (SSSR count). The summed E-state index contributed by atoms with van der Waals surface area (Å²) < 4.78 is 5.86. The van der Waals surface area contributed by atoms with Gasteiger partial charge in [-0.2, -0.15) is 0 Å². The normalized spacial score (nSPS) is 11.2. The molecule has 0 aliphatic heterocycles. The number of rotatable bonds is 7. The molecule has 0 bridgehead atoms. The van der Waals surface area contributed by atoms with E-state index < -0.39 is 5.97 Å². The molecule has 1 N–H and O–H groups in total. The van der Waals surface area contributed by atoms with Crippen LogP contribution in [0.2, 0.25) is 0 Å². The first-order valence-corrected chi connectivity index (χ1v) is 7.17. The predicted molar refractivity (Wildman–Crippen MR) is 81.5 cm³/mol. The van der Waals surface area contributed by atoms with Crippen molar-refractivity contribution in [3.8, 4) is 0 Å². The summed E-state index contributed by atoms with van der Waals surface area (Å²) in [6, 6.07) is 7.43. The zero-order chi connectivity index (χ0) is 15.0. The lowest BCUT2D eigenvalue weighted by Gasteiger charge is -2.07. The molecule has 0 spiro atoms. The van der Waals surface area contributed by atoms with E-state index in [4.69, 9.17) is 4.74 Å². The standard InChI is InChI=1S/C15H18BrNO3/c1-3-20-15(19)13(8-9-17-2)14(18)10-11-4-6-12(16)7-5-11/h4-8,17H,3,9-10H2,1-2H3. The molecule has 1 aromatic carbocycles. The number of ether oxygens (including phenoxy) is 1. The second kappa shape index (κ2) is 8.66. The number of likely N-dealkylation sites (N-methyl/N-ethyl adjacent to an activating group) is 1. The van der Waals surface area contributed by atoms with Crippen LogP contribution in [0.1, 0.15) is 12.5 Å². The van der Waals surface area contributed by atoms with Gasteiger partial charge in [-0.1, -0.05) is 34.1 Å². The summed E-state index contributed by atoms with van der Waals surface area (Å²) >= 11 is 3.34. The van der Waals surface area contributed by atoms with Gasteiger partial charge in [-0.15, -0.1) is 0 Å². The third-order valence-corrected chi connectivity index (χ3v) is 3.11. The van der Waals surface area contributed by atoms with Gasteiger partial charge in [-0.05, 0) is 31.7 Å². The number of esters is 1. The first-order chi connectivity index (χ1) is 9.58.